The van der Waals surface area contributed by atoms with Gasteiger partial charge in [-0.1, -0.05) is 18.2 Å². The normalized spacial score (nSPS) is 25.3. The number of nitrogens with one attached hydrogen (secondary N) is 3. The van der Waals surface area contributed by atoms with Crippen molar-refractivity contribution < 1.29 is 18.7 Å². The van der Waals surface area contributed by atoms with Crippen molar-refractivity contribution in [3.8, 4) is 11.3 Å². The Kier molecular flexibility index (Phi) is 5.68. The van der Waals surface area contributed by atoms with Crippen molar-refractivity contribution in [1.82, 2.24) is 20.6 Å². The molecule has 2 aliphatic rings. The van der Waals surface area contributed by atoms with Crippen molar-refractivity contribution in [1.29, 1.82) is 0 Å². The zero-order valence-electron chi connectivity index (χ0n) is 15.7. The minimum absolute atomic E-state index is 0.161. The minimum Gasteiger partial charge on any atom is -0.371 e. The molecule has 29 heavy (non-hydrogen) atoms. The fourth-order valence-corrected chi connectivity index (χ4v) is 3.53. The van der Waals surface area contributed by atoms with E-state index < -0.39 is 0 Å². The number of urea groups is 1. The van der Waals surface area contributed by atoms with Crippen LogP contribution < -0.4 is 16.0 Å². The summed E-state index contributed by atoms with van der Waals surface area (Å²) in [5.41, 5.74) is 1.28. The van der Waals surface area contributed by atoms with E-state index in [1.54, 1.807) is 30.5 Å². The van der Waals surface area contributed by atoms with E-state index in [0.717, 1.165) is 0 Å². The summed E-state index contributed by atoms with van der Waals surface area (Å²) in [4.78, 5) is 20.6. The third-order valence-corrected chi connectivity index (χ3v) is 4.87. The number of ether oxygens (including phenoxy) is 2. The second-order valence-corrected chi connectivity index (χ2v) is 6.87. The van der Waals surface area contributed by atoms with Crippen molar-refractivity contribution >= 4 is 12.0 Å². The van der Waals surface area contributed by atoms with Gasteiger partial charge in [0.25, 0.3) is 0 Å². The number of halogens is 1. The Bertz CT molecular complexity index is 896. The molecule has 1 aromatic heterocycles. The van der Waals surface area contributed by atoms with Crippen LogP contribution in [0.4, 0.5) is 15.1 Å². The van der Waals surface area contributed by atoms with Gasteiger partial charge in [-0.25, -0.2) is 19.2 Å². The minimum atomic E-state index is -0.322. The number of hydrogen-bond acceptors (Lipinski definition) is 6. The quantitative estimate of drug-likeness (QED) is 0.640. The summed E-state index contributed by atoms with van der Waals surface area (Å²) in [6, 6.07) is 7.28. The number of nitrogens with zero attached hydrogens (tertiary/aromatic N) is 2. The Balaban J connectivity index is 1.40. The second kappa shape index (κ2) is 8.54. The lowest BCUT2D eigenvalue weighted by Gasteiger charge is -2.18. The number of benzene rings is 1. The number of carbonyl (C=O) groups is 1. The fraction of sp³-hybridized carbons (Fsp3) is 0.350. The predicted octanol–water partition coefficient (Wildman–Crippen LogP) is 1.71. The van der Waals surface area contributed by atoms with E-state index in [9.17, 15) is 9.18 Å². The standard InChI is InChI=1S/C20H22FN5O3/c1-2-7-23-20(27)26-16-11-29-17-15(10-28-18(16)17)25-19-22-8-6-14(24-19)12-4-3-5-13(21)9-12/h2-6,8-9,15-18H,1,7,10-11H2,(H,22,24,25)(H2,23,26,27). The largest absolute Gasteiger partial charge is 0.371 e. The van der Waals surface area contributed by atoms with Crippen LogP contribution in [0.3, 0.4) is 0 Å². The lowest BCUT2D eigenvalue weighted by atomic mass is 10.1. The van der Waals surface area contributed by atoms with E-state index in [1.807, 2.05) is 0 Å². The third-order valence-electron chi connectivity index (χ3n) is 4.87. The molecule has 0 spiro atoms. The summed E-state index contributed by atoms with van der Waals surface area (Å²) in [7, 11) is 0. The molecule has 0 aliphatic carbocycles. The number of rotatable bonds is 6. The number of aromatic nitrogens is 2. The molecule has 2 aromatic rings. The third kappa shape index (κ3) is 4.36. The Morgan fingerprint density at radius 1 is 1.24 bits per heavy atom. The zero-order chi connectivity index (χ0) is 20.2. The molecule has 4 atom stereocenters. The topological polar surface area (TPSA) is 97.4 Å². The Labute approximate surface area is 167 Å². The molecule has 9 heteroatoms. The van der Waals surface area contributed by atoms with Crippen LogP contribution in [0.5, 0.6) is 0 Å². The van der Waals surface area contributed by atoms with Crippen LogP contribution in [0.1, 0.15) is 0 Å². The van der Waals surface area contributed by atoms with E-state index in [2.05, 4.69) is 32.5 Å². The molecule has 2 aliphatic heterocycles. The average molecular weight is 399 g/mol. The first-order valence-electron chi connectivity index (χ1n) is 9.38. The molecule has 8 nitrogen and oxygen atoms in total. The summed E-state index contributed by atoms with van der Waals surface area (Å²) in [5.74, 6) is 0.0856. The van der Waals surface area contributed by atoms with Gasteiger partial charge >= 0.3 is 6.03 Å². The van der Waals surface area contributed by atoms with E-state index in [4.69, 9.17) is 9.47 Å². The first-order chi connectivity index (χ1) is 14.1. The van der Waals surface area contributed by atoms with E-state index in [0.29, 0.717) is 37.0 Å². The molecule has 3 N–H and O–H groups in total. The molecular weight excluding hydrogens is 377 g/mol. The van der Waals surface area contributed by atoms with Gasteiger partial charge in [-0.2, -0.15) is 0 Å². The molecule has 0 radical (unpaired) electrons. The number of fused-ring (bicyclic) bond motifs is 1. The van der Waals surface area contributed by atoms with Gasteiger partial charge in [0.1, 0.15) is 18.0 Å². The maximum Gasteiger partial charge on any atom is 0.315 e. The van der Waals surface area contributed by atoms with Crippen LogP contribution in [0.15, 0.2) is 49.2 Å². The first kappa shape index (κ1) is 19.3. The molecule has 152 valence electrons. The second-order valence-electron chi connectivity index (χ2n) is 6.87. The van der Waals surface area contributed by atoms with Gasteiger partial charge in [0.2, 0.25) is 5.95 Å². The van der Waals surface area contributed by atoms with Gasteiger partial charge in [-0.3, -0.25) is 0 Å². The monoisotopic (exact) mass is 399 g/mol. The summed E-state index contributed by atoms with van der Waals surface area (Å²) in [6.07, 6.45) is 2.74. The van der Waals surface area contributed by atoms with Crippen LogP contribution in [-0.2, 0) is 9.47 Å². The van der Waals surface area contributed by atoms with Gasteiger partial charge in [0, 0.05) is 18.3 Å². The van der Waals surface area contributed by atoms with Gasteiger partial charge in [0.15, 0.2) is 0 Å². The highest BCUT2D eigenvalue weighted by atomic mass is 19.1. The highest BCUT2D eigenvalue weighted by molar-refractivity contribution is 5.74. The molecule has 0 saturated carbocycles. The number of amides is 2. The summed E-state index contributed by atoms with van der Waals surface area (Å²) < 4.78 is 25.2. The lowest BCUT2D eigenvalue weighted by Crippen LogP contribution is -2.48. The molecule has 2 saturated heterocycles. The summed E-state index contributed by atoms with van der Waals surface area (Å²) in [6.45, 7) is 4.71. The number of hydrogen-bond donors (Lipinski definition) is 3. The fourth-order valence-electron chi connectivity index (χ4n) is 3.53. The van der Waals surface area contributed by atoms with Crippen molar-refractivity contribution in [2.45, 2.75) is 24.3 Å². The van der Waals surface area contributed by atoms with Crippen molar-refractivity contribution in [2.75, 3.05) is 25.1 Å². The van der Waals surface area contributed by atoms with Gasteiger partial charge < -0.3 is 25.4 Å². The van der Waals surface area contributed by atoms with Crippen molar-refractivity contribution in [3.63, 3.8) is 0 Å². The SMILES string of the molecule is C=CCNC(=O)NC1COC2C(Nc3nccc(-c4cccc(F)c4)n3)COC12. The highest BCUT2D eigenvalue weighted by Crippen LogP contribution is 2.29. The zero-order valence-corrected chi connectivity index (χ0v) is 15.7. The molecule has 2 amide bonds. The maximum atomic E-state index is 13.5. The van der Waals surface area contributed by atoms with Crippen LogP contribution in [-0.4, -0.2) is 60.0 Å². The van der Waals surface area contributed by atoms with Crippen molar-refractivity contribution in [2.24, 2.45) is 0 Å². The molecule has 2 fully saturated rings. The average Bonchev–Trinajstić information content (AvgIpc) is 3.30. The van der Waals surface area contributed by atoms with E-state index in [1.165, 1.54) is 12.1 Å². The van der Waals surface area contributed by atoms with Crippen LogP contribution in [0, 0.1) is 5.82 Å². The summed E-state index contributed by atoms with van der Waals surface area (Å²) >= 11 is 0. The Morgan fingerprint density at radius 3 is 2.83 bits per heavy atom. The van der Waals surface area contributed by atoms with E-state index in [-0.39, 0.29) is 36.1 Å². The van der Waals surface area contributed by atoms with Crippen LogP contribution >= 0.6 is 0 Å². The van der Waals surface area contributed by atoms with Gasteiger partial charge in [0.05, 0.1) is 31.0 Å². The predicted molar refractivity (Wildman–Crippen MR) is 105 cm³/mol. The van der Waals surface area contributed by atoms with Crippen LogP contribution in [0.2, 0.25) is 0 Å². The molecule has 0 bridgehead atoms. The summed E-state index contributed by atoms with van der Waals surface area (Å²) in [5, 5.41) is 8.78. The molecule has 4 rings (SSSR count). The van der Waals surface area contributed by atoms with Crippen LogP contribution in [0.25, 0.3) is 11.3 Å². The highest BCUT2D eigenvalue weighted by Gasteiger charge is 2.48. The molecular formula is C20H22FN5O3. The van der Waals surface area contributed by atoms with Crippen molar-refractivity contribution in [3.05, 3.63) is 55.0 Å². The lowest BCUT2D eigenvalue weighted by molar-refractivity contribution is 0.0682. The number of anilines is 1. The Morgan fingerprint density at radius 2 is 2.03 bits per heavy atom. The number of carbonyl (C=O) groups excluding carboxylic acids is 1. The molecule has 3 heterocycles. The smallest absolute Gasteiger partial charge is 0.315 e. The first-order valence-corrected chi connectivity index (χ1v) is 9.38. The van der Waals surface area contributed by atoms with E-state index >= 15 is 0 Å². The maximum absolute atomic E-state index is 13.5. The molecule has 1 aromatic carbocycles. The van der Waals surface area contributed by atoms with Gasteiger partial charge in [-0.15, -0.1) is 6.58 Å². The Hall–Kier alpha value is -3.04. The van der Waals surface area contributed by atoms with Gasteiger partial charge in [-0.05, 0) is 18.2 Å². The molecule has 4 unspecified atom stereocenters.